The van der Waals surface area contributed by atoms with Crippen molar-refractivity contribution in [1.82, 2.24) is 19.9 Å². The van der Waals surface area contributed by atoms with E-state index in [-0.39, 0.29) is 5.92 Å². The molecule has 0 fully saturated rings. The van der Waals surface area contributed by atoms with Crippen LogP contribution in [0.4, 0.5) is 0 Å². The fraction of sp³-hybridized carbons (Fsp3) is 0.0385. The van der Waals surface area contributed by atoms with Gasteiger partial charge in [0.1, 0.15) is 5.52 Å². The van der Waals surface area contributed by atoms with Crippen LogP contribution < -0.4 is 9.75 Å². The van der Waals surface area contributed by atoms with Crippen molar-refractivity contribution in [3.63, 3.8) is 0 Å². The molecule has 0 spiro atoms. The van der Waals surface area contributed by atoms with Gasteiger partial charge in [0, 0.05) is 63.0 Å². The van der Waals surface area contributed by atoms with E-state index < -0.39 is 0 Å². The zero-order valence-corrected chi connectivity index (χ0v) is 33.2. The summed E-state index contributed by atoms with van der Waals surface area (Å²) in [6.45, 7) is 0. The highest BCUT2D eigenvalue weighted by atomic mass is 32.1. The maximum Gasteiger partial charge on any atom is 0.227 e. The summed E-state index contributed by atoms with van der Waals surface area (Å²) in [6, 6.07) is 57.1. The molecule has 11 aromatic rings. The Balaban J connectivity index is 0.948. The van der Waals surface area contributed by atoms with Crippen molar-refractivity contribution in [2.45, 2.75) is 12.3 Å². The van der Waals surface area contributed by atoms with Crippen LogP contribution in [0.1, 0.15) is 17.9 Å². The topological polar surface area (TPSA) is 64.7 Å². The number of hydrogen-bond acceptors (Lipinski definition) is 7. The number of oxazole rings is 1. The summed E-state index contributed by atoms with van der Waals surface area (Å²) in [5.41, 5.74) is 9.16. The molecule has 7 aromatic carbocycles. The molecule has 0 N–H and O–H groups in total. The lowest BCUT2D eigenvalue weighted by Crippen LogP contribution is -2.23. The molecule has 5 nitrogen and oxygen atoms in total. The molecule has 278 valence electrons. The van der Waals surface area contributed by atoms with Gasteiger partial charge in [0.05, 0.1) is 0 Å². The molecule has 0 aliphatic heterocycles. The normalized spacial score (nSPS) is 13.8. The number of hydrogen-bond donors (Lipinski definition) is 0. The zero-order chi connectivity index (χ0) is 38.9. The van der Waals surface area contributed by atoms with Crippen LogP contribution in [0, 0.1) is 0 Å². The van der Waals surface area contributed by atoms with Gasteiger partial charge in [0.15, 0.2) is 23.1 Å². The van der Waals surface area contributed by atoms with E-state index in [0.717, 1.165) is 45.3 Å². The highest BCUT2D eigenvalue weighted by Crippen LogP contribution is 2.40. The second-order valence-corrected chi connectivity index (χ2v) is 17.1. The average molecular weight is 793 g/mol. The Morgan fingerprint density at radius 1 is 0.508 bits per heavy atom. The molecule has 0 bridgehead atoms. The monoisotopic (exact) mass is 792 g/mol. The van der Waals surface area contributed by atoms with E-state index in [2.05, 4.69) is 133 Å². The fourth-order valence-electron chi connectivity index (χ4n) is 8.47. The average Bonchev–Trinajstić information content (AvgIpc) is 4.03. The van der Waals surface area contributed by atoms with Gasteiger partial charge in [-0.25, -0.2) is 19.9 Å². The first-order chi connectivity index (χ1) is 29.2. The molecule has 12 rings (SSSR count). The Hall–Kier alpha value is -7.06. The standard InChI is InChI=1S/C52H32N4OS2/c1-2-12-31(13-3-1)49-54-50(56-51(55-49)40-21-11-25-46-47(40)39-18-4-7-24-44(39)58-46)35-16-9-15-34(29-35)37-19-10-20-38-41-30-33(26-27-45(41)59-48(37)38)32-14-8-17-36(28-32)52-53-42-22-5-6-23-43(42)57-52/h1-25,27-30,33H,26H2. The number of nitrogens with zero attached hydrogens (tertiary/aromatic N) is 4. The number of benzene rings is 7. The Kier molecular flexibility index (Phi) is 7.96. The molecule has 0 amide bonds. The molecule has 4 heterocycles. The summed E-state index contributed by atoms with van der Waals surface area (Å²) in [7, 11) is 0. The van der Waals surface area contributed by atoms with Crippen molar-refractivity contribution < 1.29 is 4.42 Å². The second-order valence-electron chi connectivity index (χ2n) is 14.9. The van der Waals surface area contributed by atoms with Crippen molar-refractivity contribution in [3.8, 4) is 56.7 Å². The molecule has 0 saturated carbocycles. The van der Waals surface area contributed by atoms with Crippen LogP contribution >= 0.6 is 22.7 Å². The minimum absolute atomic E-state index is 0.242. The predicted octanol–water partition coefficient (Wildman–Crippen LogP) is 12.7. The van der Waals surface area contributed by atoms with Crippen molar-refractivity contribution >= 4 is 76.2 Å². The summed E-state index contributed by atoms with van der Waals surface area (Å²) in [5, 5.41) is 4.97. The molecule has 1 aliphatic rings. The van der Waals surface area contributed by atoms with E-state index in [0.29, 0.717) is 23.4 Å². The third-order valence-corrected chi connectivity index (χ3v) is 13.7. The van der Waals surface area contributed by atoms with Crippen molar-refractivity contribution in [2.24, 2.45) is 0 Å². The van der Waals surface area contributed by atoms with E-state index in [4.69, 9.17) is 24.4 Å². The molecule has 1 unspecified atom stereocenters. The molecule has 0 radical (unpaired) electrons. The highest BCUT2D eigenvalue weighted by Gasteiger charge is 2.20. The fourth-order valence-corrected chi connectivity index (χ4v) is 10.9. The van der Waals surface area contributed by atoms with Crippen LogP contribution in [0.25, 0.3) is 110 Å². The quantitative estimate of drug-likeness (QED) is 0.168. The number of fused-ring (bicyclic) bond motifs is 7. The Morgan fingerprint density at radius 3 is 2.14 bits per heavy atom. The summed E-state index contributed by atoms with van der Waals surface area (Å²) < 4.78 is 11.2. The number of aromatic nitrogens is 4. The van der Waals surface area contributed by atoms with Crippen molar-refractivity contribution in [3.05, 3.63) is 179 Å². The third-order valence-electron chi connectivity index (χ3n) is 11.3. The van der Waals surface area contributed by atoms with Crippen LogP contribution in [0.2, 0.25) is 0 Å². The van der Waals surface area contributed by atoms with Gasteiger partial charge in [-0.15, -0.1) is 22.7 Å². The van der Waals surface area contributed by atoms with E-state index in [9.17, 15) is 0 Å². The molecular weight excluding hydrogens is 761 g/mol. The van der Waals surface area contributed by atoms with Crippen LogP contribution in [0.15, 0.2) is 168 Å². The second kappa shape index (κ2) is 13.8. The number of thiophene rings is 2. The summed E-state index contributed by atoms with van der Waals surface area (Å²) in [5.74, 6) is 2.86. The molecular formula is C52H32N4OS2. The zero-order valence-electron chi connectivity index (χ0n) is 31.5. The maximum absolute atomic E-state index is 6.13. The largest absolute Gasteiger partial charge is 0.436 e. The molecule has 4 aromatic heterocycles. The van der Waals surface area contributed by atoms with E-state index >= 15 is 0 Å². The van der Waals surface area contributed by atoms with Gasteiger partial charge in [0.25, 0.3) is 0 Å². The first kappa shape index (κ1) is 34.0. The first-order valence-electron chi connectivity index (χ1n) is 19.7. The van der Waals surface area contributed by atoms with Gasteiger partial charge in [-0.1, -0.05) is 133 Å². The molecule has 59 heavy (non-hydrogen) atoms. The van der Waals surface area contributed by atoms with Gasteiger partial charge in [-0.3, -0.25) is 0 Å². The van der Waals surface area contributed by atoms with Gasteiger partial charge >= 0.3 is 0 Å². The lowest BCUT2D eigenvalue weighted by Gasteiger charge is -2.14. The van der Waals surface area contributed by atoms with E-state index in [1.165, 1.54) is 51.1 Å². The van der Waals surface area contributed by atoms with E-state index in [1.54, 1.807) is 11.3 Å². The summed E-state index contributed by atoms with van der Waals surface area (Å²) in [4.78, 5) is 20.2. The van der Waals surface area contributed by atoms with Crippen LogP contribution in [0.3, 0.4) is 0 Å². The van der Waals surface area contributed by atoms with Crippen LogP contribution in [0.5, 0.6) is 0 Å². The molecule has 7 heteroatoms. The van der Waals surface area contributed by atoms with Gasteiger partial charge in [0.2, 0.25) is 5.89 Å². The Labute approximate surface area is 347 Å². The van der Waals surface area contributed by atoms with Crippen molar-refractivity contribution in [1.29, 1.82) is 0 Å². The minimum atomic E-state index is 0.242. The van der Waals surface area contributed by atoms with Gasteiger partial charge < -0.3 is 4.42 Å². The van der Waals surface area contributed by atoms with Gasteiger partial charge in [-0.05, 0) is 70.8 Å². The summed E-state index contributed by atoms with van der Waals surface area (Å²) in [6.07, 6.45) is 5.79. The van der Waals surface area contributed by atoms with Crippen molar-refractivity contribution in [2.75, 3.05) is 0 Å². The number of rotatable bonds is 6. The Bertz CT molecular complexity index is 3530. The SMILES string of the molecule is C1=c2sc3c(-c4cccc(-c5nc(-c6ccccc6)nc(-c6cccc7sc8ccccc8c67)n5)c4)cccc3c2=CC(c2cccc(-c3nc4ccccc4o3)c2)C1. The summed E-state index contributed by atoms with van der Waals surface area (Å²) >= 11 is 3.67. The molecule has 0 saturated heterocycles. The number of para-hydroxylation sites is 2. The Morgan fingerprint density at radius 2 is 1.20 bits per heavy atom. The first-order valence-corrected chi connectivity index (χ1v) is 21.4. The third kappa shape index (κ3) is 5.89. The van der Waals surface area contributed by atoms with E-state index in [1.807, 2.05) is 53.8 Å². The predicted molar refractivity (Wildman–Crippen MR) is 245 cm³/mol. The van der Waals surface area contributed by atoms with Gasteiger partial charge in [-0.2, -0.15) is 0 Å². The lowest BCUT2D eigenvalue weighted by molar-refractivity contribution is 0.619. The lowest BCUT2D eigenvalue weighted by atomic mass is 9.90. The highest BCUT2D eigenvalue weighted by molar-refractivity contribution is 7.26. The molecule has 1 aliphatic carbocycles. The smallest absolute Gasteiger partial charge is 0.227 e. The van der Waals surface area contributed by atoms with Crippen LogP contribution in [-0.4, -0.2) is 19.9 Å². The molecule has 1 atom stereocenters. The minimum Gasteiger partial charge on any atom is -0.436 e. The van der Waals surface area contributed by atoms with Crippen LogP contribution in [-0.2, 0) is 0 Å². The maximum atomic E-state index is 6.13.